The zero-order valence-corrected chi connectivity index (χ0v) is 15.8. The lowest BCUT2D eigenvalue weighted by Gasteiger charge is -2.23. The van der Waals surface area contributed by atoms with E-state index in [9.17, 15) is 9.59 Å². The summed E-state index contributed by atoms with van der Waals surface area (Å²) in [5.41, 5.74) is 0.613. The second-order valence-electron chi connectivity index (χ2n) is 7.19. The molecule has 1 aromatic heterocycles. The molecule has 1 aliphatic rings. The van der Waals surface area contributed by atoms with Crippen LogP contribution in [0, 0.1) is 0 Å². The summed E-state index contributed by atoms with van der Waals surface area (Å²) in [6.07, 6.45) is 2.58. The van der Waals surface area contributed by atoms with Gasteiger partial charge in [0.2, 0.25) is 5.88 Å². The van der Waals surface area contributed by atoms with E-state index in [1.165, 1.54) is 0 Å². The fraction of sp³-hybridized carbons (Fsp3) is 0.611. The maximum absolute atomic E-state index is 12.6. The van der Waals surface area contributed by atoms with Crippen LogP contribution >= 0.6 is 0 Å². The number of imide groups is 1. The summed E-state index contributed by atoms with van der Waals surface area (Å²) in [5, 5.41) is 4.36. The summed E-state index contributed by atoms with van der Waals surface area (Å²) >= 11 is 0. The summed E-state index contributed by atoms with van der Waals surface area (Å²) in [4.78, 5) is 25.9. The highest BCUT2D eigenvalue weighted by Gasteiger charge is 2.35. The first-order valence-corrected chi connectivity index (χ1v) is 8.59. The number of likely N-dealkylation sites (tertiary alicyclic amines) is 1. The maximum Gasteiger partial charge on any atom is 0.417 e. The van der Waals surface area contributed by atoms with E-state index >= 15 is 0 Å². The number of carbonyl (C=O) groups excluding carboxylic acids is 2. The molecule has 1 saturated heterocycles. The number of ether oxygens (including phenoxy) is 2. The van der Waals surface area contributed by atoms with Gasteiger partial charge in [0.05, 0.1) is 6.10 Å². The smallest absolute Gasteiger partial charge is 0.417 e. The number of hydrogen-bond donors (Lipinski definition) is 0. The van der Waals surface area contributed by atoms with Crippen LogP contribution in [0.3, 0.4) is 0 Å². The Morgan fingerprint density at radius 1 is 1.40 bits per heavy atom. The molecule has 0 radical (unpaired) electrons. The largest absolute Gasteiger partial charge is 0.474 e. The van der Waals surface area contributed by atoms with Crippen LogP contribution in [0.4, 0.5) is 4.79 Å². The molecule has 0 bridgehead atoms. The first-order valence-electron chi connectivity index (χ1n) is 8.59. The Morgan fingerprint density at radius 2 is 2.08 bits per heavy atom. The van der Waals surface area contributed by atoms with Gasteiger partial charge in [0.15, 0.2) is 0 Å². The summed E-state index contributed by atoms with van der Waals surface area (Å²) < 4.78 is 12.6. The van der Waals surface area contributed by atoms with E-state index in [1.807, 2.05) is 20.8 Å². The highest BCUT2D eigenvalue weighted by atomic mass is 16.6. The number of allylic oxidation sites excluding steroid dienone is 1. The van der Waals surface area contributed by atoms with Gasteiger partial charge in [-0.05, 0) is 47.5 Å². The zero-order valence-electron chi connectivity index (χ0n) is 15.8. The molecule has 25 heavy (non-hydrogen) atoms. The van der Waals surface area contributed by atoms with Gasteiger partial charge in [-0.25, -0.2) is 14.4 Å². The average Bonchev–Trinajstić information content (AvgIpc) is 3.11. The quantitative estimate of drug-likeness (QED) is 0.778. The van der Waals surface area contributed by atoms with Gasteiger partial charge in [0.25, 0.3) is 5.91 Å². The highest BCUT2D eigenvalue weighted by Crippen LogP contribution is 2.25. The second kappa shape index (κ2) is 7.29. The van der Waals surface area contributed by atoms with Gasteiger partial charge in [-0.1, -0.05) is 6.92 Å². The number of nitrogens with zero attached hydrogens (tertiary/aromatic N) is 3. The Morgan fingerprint density at radius 3 is 2.68 bits per heavy atom. The van der Waals surface area contributed by atoms with Crippen molar-refractivity contribution in [2.45, 2.75) is 66.1 Å². The molecule has 1 aliphatic heterocycles. The Hall–Kier alpha value is -2.31. The predicted octanol–water partition coefficient (Wildman–Crippen LogP) is 3.46. The number of hydrogen-bond acceptors (Lipinski definition) is 5. The van der Waals surface area contributed by atoms with Crippen LogP contribution in [-0.4, -0.2) is 44.9 Å². The van der Waals surface area contributed by atoms with Crippen molar-refractivity contribution in [1.82, 2.24) is 14.7 Å². The van der Waals surface area contributed by atoms with Crippen LogP contribution < -0.4 is 4.74 Å². The highest BCUT2D eigenvalue weighted by molar-refractivity contribution is 6.07. The molecule has 0 saturated carbocycles. The Labute approximate surface area is 148 Å². The molecule has 7 nitrogen and oxygen atoms in total. The van der Waals surface area contributed by atoms with Gasteiger partial charge in [0, 0.05) is 30.1 Å². The Bertz CT molecular complexity index is 685. The van der Waals surface area contributed by atoms with Crippen molar-refractivity contribution < 1.29 is 19.1 Å². The van der Waals surface area contributed by atoms with Gasteiger partial charge in [-0.2, -0.15) is 0 Å². The van der Waals surface area contributed by atoms with Crippen LogP contribution in [0.1, 0.15) is 54.4 Å². The van der Waals surface area contributed by atoms with Crippen LogP contribution in [0.2, 0.25) is 0 Å². The molecule has 1 fully saturated rings. The molecule has 2 heterocycles. The minimum atomic E-state index is -0.636. The fourth-order valence-electron chi connectivity index (χ4n) is 2.41. The molecule has 0 N–H and O–H groups in total. The van der Waals surface area contributed by atoms with Gasteiger partial charge in [0.1, 0.15) is 5.60 Å². The molecule has 1 atom stereocenters. The first-order chi connectivity index (χ1) is 11.6. The van der Waals surface area contributed by atoms with E-state index in [0.717, 1.165) is 11.3 Å². The van der Waals surface area contributed by atoms with Crippen molar-refractivity contribution in [3.8, 4) is 5.88 Å². The SMILES string of the molecule is CC[C@@H](C)Oc1ccn(/C(C)=C2/CCN(C(=O)OC(C)(C)C)C2=O)n1. The lowest BCUT2D eigenvalue weighted by atomic mass is 10.2. The monoisotopic (exact) mass is 349 g/mol. The van der Waals surface area contributed by atoms with Crippen LogP contribution in [0.15, 0.2) is 17.8 Å². The van der Waals surface area contributed by atoms with E-state index in [0.29, 0.717) is 30.1 Å². The molecule has 138 valence electrons. The van der Waals surface area contributed by atoms with E-state index in [4.69, 9.17) is 9.47 Å². The van der Waals surface area contributed by atoms with Gasteiger partial charge >= 0.3 is 6.09 Å². The predicted molar refractivity (Wildman–Crippen MR) is 94.1 cm³/mol. The lowest BCUT2D eigenvalue weighted by Crippen LogP contribution is -2.37. The summed E-state index contributed by atoms with van der Waals surface area (Å²) in [5.74, 6) is 0.190. The van der Waals surface area contributed by atoms with Crippen molar-refractivity contribution in [3.63, 3.8) is 0 Å². The van der Waals surface area contributed by atoms with Gasteiger partial charge in [-0.15, -0.1) is 5.10 Å². The summed E-state index contributed by atoms with van der Waals surface area (Å²) in [6, 6.07) is 1.77. The maximum atomic E-state index is 12.6. The van der Waals surface area contributed by atoms with Crippen molar-refractivity contribution in [3.05, 3.63) is 17.8 Å². The van der Waals surface area contributed by atoms with Crippen molar-refractivity contribution in [2.24, 2.45) is 0 Å². The molecule has 2 rings (SSSR count). The molecule has 7 heteroatoms. The zero-order chi connectivity index (χ0) is 18.8. The molecule has 2 amide bonds. The molecule has 0 spiro atoms. The normalized spacial score (nSPS) is 18.3. The number of rotatable bonds is 4. The third kappa shape index (κ3) is 4.61. The van der Waals surface area contributed by atoms with Gasteiger partial charge in [-0.3, -0.25) is 4.79 Å². The molecule has 0 aromatic carbocycles. The lowest BCUT2D eigenvalue weighted by molar-refractivity contribution is -0.124. The van der Waals surface area contributed by atoms with Crippen molar-refractivity contribution in [1.29, 1.82) is 0 Å². The van der Waals surface area contributed by atoms with E-state index < -0.39 is 11.7 Å². The van der Waals surface area contributed by atoms with E-state index in [-0.39, 0.29) is 12.0 Å². The van der Waals surface area contributed by atoms with Crippen LogP contribution in [0.25, 0.3) is 5.70 Å². The number of amides is 2. The van der Waals surface area contributed by atoms with Crippen molar-refractivity contribution in [2.75, 3.05) is 6.54 Å². The van der Waals surface area contributed by atoms with Crippen molar-refractivity contribution >= 4 is 17.7 Å². The number of carbonyl (C=O) groups is 2. The topological polar surface area (TPSA) is 73.7 Å². The standard InChI is InChI=1S/C18H27N3O4/c1-7-12(2)24-15-9-11-21(19-15)13(3)14-8-10-20(16(14)22)17(23)25-18(4,5)6/h9,11-12H,7-8,10H2,1-6H3/b14-13-/t12-/m1/s1. The average molecular weight is 349 g/mol. The first kappa shape index (κ1) is 19.0. The van der Waals surface area contributed by atoms with Crippen LogP contribution in [0.5, 0.6) is 5.88 Å². The molecule has 0 aliphatic carbocycles. The molecule has 1 aromatic rings. The van der Waals surface area contributed by atoms with Gasteiger partial charge < -0.3 is 9.47 Å². The minimum absolute atomic E-state index is 0.0760. The van der Waals surface area contributed by atoms with E-state index in [2.05, 4.69) is 5.10 Å². The molecule has 0 unspecified atom stereocenters. The van der Waals surface area contributed by atoms with E-state index in [1.54, 1.807) is 37.7 Å². The molecular formula is C18H27N3O4. The second-order valence-corrected chi connectivity index (χ2v) is 7.19. The third-order valence-electron chi connectivity index (χ3n) is 3.94. The van der Waals surface area contributed by atoms with Crippen LogP contribution in [-0.2, 0) is 9.53 Å². The summed E-state index contributed by atoms with van der Waals surface area (Å²) in [6.45, 7) is 11.5. The summed E-state index contributed by atoms with van der Waals surface area (Å²) in [7, 11) is 0. The molecular weight excluding hydrogens is 322 g/mol. The minimum Gasteiger partial charge on any atom is -0.474 e. The third-order valence-corrected chi connectivity index (χ3v) is 3.94. The Kier molecular flexibility index (Phi) is 5.55. The fourth-order valence-corrected chi connectivity index (χ4v) is 2.41. The number of aromatic nitrogens is 2. The Balaban J connectivity index is 2.15.